The predicted molar refractivity (Wildman–Crippen MR) is 135 cm³/mol. The summed E-state index contributed by atoms with van der Waals surface area (Å²) in [7, 11) is 0. The number of anilines is 1. The molecule has 0 saturated carbocycles. The van der Waals surface area contributed by atoms with Gasteiger partial charge in [0, 0.05) is 19.6 Å². The number of carbonyl (C=O) groups is 1. The van der Waals surface area contributed by atoms with Crippen molar-refractivity contribution in [2.75, 3.05) is 18.0 Å². The van der Waals surface area contributed by atoms with Gasteiger partial charge >= 0.3 is 0 Å². The summed E-state index contributed by atoms with van der Waals surface area (Å²) in [5.74, 6) is -0.311. The first kappa shape index (κ1) is 22.8. The van der Waals surface area contributed by atoms with Gasteiger partial charge in [0.2, 0.25) is 5.91 Å². The maximum Gasteiger partial charge on any atom is 0.294 e. The first-order valence-electron chi connectivity index (χ1n) is 11.9. The van der Waals surface area contributed by atoms with Crippen LogP contribution in [0.1, 0.15) is 24.0 Å². The summed E-state index contributed by atoms with van der Waals surface area (Å²) in [6.45, 7) is 1.80. The van der Waals surface area contributed by atoms with E-state index in [4.69, 9.17) is 4.98 Å². The number of rotatable bonds is 6. The van der Waals surface area contributed by atoms with Gasteiger partial charge in [-0.15, -0.1) is 0 Å². The van der Waals surface area contributed by atoms with Gasteiger partial charge in [-0.2, -0.15) is 0 Å². The summed E-state index contributed by atoms with van der Waals surface area (Å²) in [6.07, 6.45) is 1.52. The van der Waals surface area contributed by atoms with Crippen LogP contribution in [0.4, 0.5) is 10.2 Å². The van der Waals surface area contributed by atoms with Gasteiger partial charge in [0.1, 0.15) is 5.82 Å². The van der Waals surface area contributed by atoms with Crippen molar-refractivity contribution >= 4 is 22.8 Å². The average molecular weight is 471 g/mol. The molecule has 1 N–H and O–H groups in total. The molecule has 1 aliphatic heterocycles. The number of fused-ring (bicyclic) bond motifs is 1. The number of amides is 1. The third-order valence-electron chi connectivity index (χ3n) is 6.47. The molecule has 3 aromatic carbocycles. The molecule has 7 heteroatoms. The van der Waals surface area contributed by atoms with E-state index >= 15 is 0 Å². The van der Waals surface area contributed by atoms with Gasteiger partial charge in [0.15, 0.2) is 5.82 Å². The molecule has 0 radical (unpaired) electrons. The first-order chi connectivity index (χ1) is 17.1. The van der Waals surface area contributed by atoms with E-state index in [0.717, 1.165) is 29.4 Å². The van der Waals surface area contributed by atoms with E-state index < -0.39 is 0 Å². The minimum atomic E-state index is -0.324. The van der Waals surface area contributed by atoms with E-state index in [2.05, 4.69) is 5.32 Å². The van der Waals surface area contributed by atoms with Gasteiger partial charge in [-0.1, -0.05) is 54.6 Å². The van der Waals surface area contributed by atoms with Crippen LogP contribution < -0.4 is 15.8 Å². The zero-order valence-corrected chi connectivity index (χ0v) is 19.4. The summed E-state index contributed by atoms with van der Waals surface area (Å²) in [5.41, 5.74) is 3.12. The van der Waals surface area contributed by atoms with Gasteiger partial charge in [0.05, 0.1) is 23.5 Å². The van der Waals surface area contributed by atoms with Crippen LogP contribution in [0.2, 0.25) is 0 Å². The SMILES string of the molecule is O=C(NCc1cccc(F)c1)[C@H]1CCCN(c2nc3ccccc3n(Cc3ccccc3)c2=O)C1. The Hall–Kier alpha value is -4.00. The minimum Gasteiger partial charge on any atom is -0.352 e. The van der Waals surface area contributed by atoms with Crippen molar-refractivity contribution in [3.05, 3.63) is 106 Å². The van der Waals surface area contributed by atoms with Gasteiger partial charge < -0.3 is 10.2 Å². The van der Waals surface area contributed by atoms with E-state index in [-0.39, 0.29) is 29.7 Å². The van der Waals surface area contributed by atoms with Crippen LogP contribution in [0.15, 0.2) is 83.7 Å². The van der Waals surface area contributed by atoms with E-state index in [9.17, 15) is 14.0 Å². The molecule has 35 heavy (non-hydrogen) atoms. The predicted octanol–water partition coefficient (Wildman–Crippen LogP) is 4.12. The Morgan fingerprint density at radius 2 is 1.77 bits per heavy atom. The van der Waals surface area contributed by atoms with Gasteiger partial charge in [-0.05, 0) is 48.2 Å². The molecule has 0 spiro atoms. The Kier molecular flexibility index (Phi) is 6.57. The molecule has 1 atom stereocenters. The van der Waals surface area contributed by atoms with Crippen LogP contribution in [0, 0.1) is 11.7 Å². The molecule has 6 nitrogen and oxygen atoms in total. The normalized spacial score (nSPS) is 15.8. The Balaban J connectivity index is 1.39. The second-order valence-corrected chi connectivity index (χ2v) is 8.93. The second kappa shape index (κ2) is 10.1. The monoisotopic (exact) mass is 470 g/mol. The lowest BCUT2D eigenvalue weighted by molar-refractivity contribution is -0.125. The molecular weight excluding hydrogens is 443 g/mol. The standard InChI is InChI=1S/C28H27FN4O2/c29-23-12-6-10-21(16-23)17-30-27(34)22-11-7-15-32(19-22)26-28(35)33(18-20-8-2-1-3-9-20)25-14-5-4-13-24(25)31-26/h1-6,8-10,12-14,16,22H,7,11,15,17-19H2,(H,30,34)/t22-/m0/s1. The van der Waals surface area contributed by atoms with Crippen molar-refractivity contribution < 1.29 is 9.18 Å². The molecule has 4 aromatic rings. The van der Waals surface area contributed by atoms with Crippen molar-refractivity contribution in [2.24, 2.45) is 5.92 Å². The van der Waals surface area contributed by atoms with Crippen molar-refractivity contribution in [3.8, 4) is 0 Å². The lowest BCUT2D eigenvalue weighted by atomic mass is 9.97. The maximum absolute atomic E-state index is 13.6. The van der Waals surface area contributed by atoms with E-state index in [1.54, 1.807) is 16.7 Å². The largest absolute Gasteiger partial charge is 0.352 e. The Labute approximate surface area is 203 Å². The molecule has 1 amide bonds. The Morgan fingerprint density at radius 1 is 1.00 bits per heavy atom. The molecule has 1 saturated heterocycles. The fourth-order valence-corrected chi connectivity index (χ4v) is 4.67. The van der Waals surface area contributed by atoms with Crippen molar-refractivity contribution in [1.82, 2.24) is 14.9 Å². The third-order valence-corrected chi connectivity index (χ3v) is 6.47. The summed E-state index contributed by atoms with van der Waals surface area (Å²) < 4.78 is 15.2. The average Bonchev–Trinajstić information content (AvgIpc) is 2.89. The van der Waals surface area contributed by atoms with Crippen molar-refractivity contribution in [2.45, 2.75) is 25.9 Å². The van der Waals surface area contributed by atoms with Crippen LogP contribution in [-0.4, -0.2) is 28.5 Å². The number of carbonyl (C=O) groups excluding carboxylic acids is 1. The van der Waals surface area contributed by atoms with Crippen LogP contribution in [0.5, 0.6) is 0 Å². The maximum atomic E-state index is 13.6. The zero-order valence-electron chi connectivity index (χ0n) is 19.4. The quantitative estimate of drug-likeness (QED) is 0.461. The fraction of sp³-hybridized carbons (Fsp3) is 0.250. The highest BCUT2D eigenvalue weighted by molar-refractivity contribution is 5.80. The molecular formula is C28H27FN4O2. The summed E-state index contributed by atoms with van der Waals surface area (Å²) in [5, 5.41) is 2.92. The zero-order chi connectivity index (χ0) is 24.2. The molecule has 0 aliphatic carbocycles. The summed E-state index contributed by atoms with van der Waals surface area (Å²) in [4.78, 5) is 33.2. The number of piperidine rings is 1. The lowest BCUT2D eigenvalue weighted by Gasteiger charge is -2.32. The number of hydrogen-bond donors (Lipinski definition) is 1. The molecule has 178 valence electrons. The Morgan fingerprint density at radius 3 is 2.60 bits per heavy atom. The van der Waals surface area contributed by atoms with Crippen LogP contribution >= 0.6 is 0 Å². The van der Waals surface area contributed by atoms with Gasteiger partial charge in [-0.25, -0.2) is 9.37 Å². The molecule has 0 unspecified atom stereocenters. The summed E-state index contributed by atoms with van der Waals surface area (Å²) >= 11 is 0. The number of para-hydroxylation sites is 2. The lowest BCUT2D eigenvalue weighted by Crippen LogP contribution is -2.45. The highest BCUT2D eigenvalue weighted by atomic mass is 19.1. The van der Waals surface area contributed by atoms with Gasteiger partial charge in [0.25, 0.3) is 5.56 Å². The summed E-state index contributed by atoms with van der Waals surface area (Å²) in [6, 6.07) is 23.7. The van der Waals surface area contributed by atoms with Crippen LogP contribution in [0.25, 0.3) is 11.0 Å². The highest BCUT2D eigenvalue weighted by Gasteiger charge is 2.28. The number of halogens is 1. The number of nitrogens with one attached hydrogen (secondary N) is 1. The molecule has 2 heterocycles. The highest BCUT2D eigenvalue weighted by Crippen LogP contribution is 2.22. The molecule has 5 rings (SSSR count). The van der Waals surface area contributed by atoms with E-state index in [1.807, 2.05) is 59.5 Å². The topological polar surface area (TPSA) is 67.2 Å². The van der Waals surface area contributed by atoms with Crippen LogP contribution in [0.3, 0.4) is 0 Å². The van der Waals surface area contributed by atoms with E-state index in [0.29, 0.717) is 31.0 Å². The smallest absolute Gasteiger partial charge is 0.294 e. The second-order valence-electron chi connectivity index (χ2n) is 8.93. The molecule has 1 aliphatic rings. The van der Waals surface area contributed by atoms with Crippen molar-refractivity contribution in [3.63, 3.8) is 0 Å². The molecule has 1 fully saturated rings. The minimum absolute atomic E-state index is 0.0932. The Bertz CT molecular complexity index is 1400. The number of benzene rings is 3. The van der Waals surface area contributed by atoms with Crippen molar-refractivity contribution in [1.29, 1.82) is 0 Å². The number of aromatic nitrogens is 2. The molecule has 0 bridgehead atoms. The number of hydrogen-bond acceptors (Lipinski definition) is 4. The third kappa shape index (κ3) is 5.09. The number of nitrogens with zero attached hydrogens (tertiary/aromatic N) is 3. The first-order valence-corrected chi connectivity index (χ1v) is 11.9. The van der Waals surface area contributed by atoms with Gasteiger partial charge in [-0.3, -0.25) is 14.2 Å². The fourth-order valence-electron chi connectivity index (χ4n) is 4.67. The van der Waals surface area contributed by atoms with E-state index in [1.165, 1.54) is 12.1 Å². The molecule has 1 aromatic heterocycles. The van der Waals surface area contributed by atoms with Crippen LogP contribution in [-0.2, 0) is 17.9 Å².